The third-order valence-corrected chi connectivity index (χ3v) is 3.74. The zero-order chi connectivity index (χ0) is 15.1. The number of likely N-dealkylation sites (N-methyl/N-ethyl adjacent to an activating group) is 1. The first-order chi connectivity index (χ1) is 9.49. The molecule has 0 aliphatic rings. The minimum Gasteiger partial charge on any atom is -0.389 e. The molecular weight excluding hydrogens is 278 g/mol. The highest BCUT2D eigenvalue weighted by atomic mass is 32.1. The Hall–Kier alpha value is -1.39. The summed E-state index contributed by atoms with van der Waals surface area (Å²) in [6.07, 6.45) is -0.705. The monoisotopic (exact) mass is 297 g/mol. The molecule has 1 unspecified atom stereocenters. The third kappa shape index (κ3) is 4.62. The maximum absolute atomic E-state index is 12.2. The van der Waals surface area contributed by atoms with Crippen LogP contribution in [0.2, 0.25) is 0 Å². The Labute approximate surface area is 122 Å². The lowest BCUT2D eigenvalue weighted by atomic mass is 10.2. The van der Waals surface area contributed by atoms with Crippen molar-refractivity contribution in [1.29, 1.82) is 0 Å². The van der Waals surface area contributed by atoms with Crippen LogP contribution in [0.1, 0.15) is 20.1 Å². The highest BCUT2D eigenvalue weighted by molar-refractivity contribution is 7.14. The van der Waals surface area contributed by atoms with Crippen LogP contribution >= 0.6 is 11.3 Å². The number of carbonyl (C=O) groups is 1. The molecule has 110 valence electrons. The molecule has 0 saturated carbocycles. The summed E-state index contributed by atoms with van der Waals surface area (Å²) in [5.41, 5.74) is 0.908. The Morgan fingerprint density at radius 2 is 2.30 bits per heavy atom. The molecule has 1 amide bonds. The van der Waals surface area contributed by atoms with Gasteiger partial charge in [0, 0.05) is 20.7 Å². The smallest absolute Gasteiger partial charge is 0.263 e. The zero-order valence-electron chi connectivity index (χ0n) is 11.8. The van der Waals surface area contributed by atoms with E-state index in [-0.39, 0.29) is 25.7 Å². The van der Waals surface area contributed by atoms with E-state index in [1.54, 1.807) is 13.1 Å². The molecule has 6 heteroatoms. The van der Waals surface area contributed by atoms with Gasteiger partial charge in [0.2, 0.25) is 0 Å². The maximum atomic E-state index is 12.2. The van der Waals surface area contributed by atoms with Crippen LogP contribution in [-0.2, 0) is 4.74 Å². The summed E-state index contributed by atoms with van der Waals surface area (Å²) in [7, 11) is 3.13. The Morgan fingerprint density at radius 1 is 1.60 bits per heavy atom. The minimum atomic E-state index is -0.705. The van der Waals surface area contributed by atoms with Crippen LogP contribution in [0.15, 0.2) is 6.07 Å². The largest absolute Gasteiger partial charge is 0.389 e. The van der Waals surface area contributed by atoms with E-state index in [1.165, 1.54) is 23.3 Å². The Kier molecular flexibility index (Phi) is 6.68. The molecule has 0 aliphatic heterocycles. The van der Waals surface area contributed by atoms with Gasteiger partial charge in [-0.1, -0.05) is 11.8 Å². The topological polar surface area (TPSA) is 70.0 Å². The van der Waals surface area contributed by atoms with Crippen molar-refractivity contribution in [1.82, 2.24) is 4.90 Å². The van der Waals surface area contributed by atoms with Gasteiger partial charge in [-0.15, -0.1) is 11.3 Å². The molecule has 0 spiro atoms. The summed E-state index contributed by atoms with van der Waals surface area (Å²) in [5, 5.41) is 18.3. The van der Waals surface area contributed by atoms with Gasteiger partial charge in [0.25, 0.3) is 5.91 Å². The van der Waals surface area contributed by atoms with E-state index < -0.39 is 6.10 Å². The first kappa shape index (κ1) is 16.7. The van der Waals surface area contributed by atoms with E-state index in [9.17, 15) is 9.90 Å². The van der Waals surface area contributed by atoms with Crippen molar-refractivity contribution in [2.75, 3.05) is 33.9 Å². The van der Waals surface area contributed by atoms with Gasteiger partial charge >= 0.3 is 0 Å². The van der Waals surface area contributed by atoms with Crippen LogP contribution in [0, 0.1) is 18.8 Å². The summed E-state index contributed by atoms with van der Waals surface area (Å²) >= 11 is 1.29. The number of aliphatic hydroxyl groups excluding tert-OH is 2. The number of amides is 1. The van der Waals surface area contributed by atoms with Crippen LogP contribution in [0.3, 0.4) is 0 Å². The molecule has 0 fully saturated rings. The predicted molar refractivity (Wildman–Crippen MR) is 77.9 cm³/mol. The van der Waals surface area contributed by atoms with Gasteiger partial charge in [-0.05, 0) is 18.6 Å². The van der Waals surface area contributed by atoms with Gasteiger partial charge in [-0.25, -0.2) is 0 Å². The van der Waals surface area contributed by atoms with E-state index in [4.69, 9.17) is 9.84 Å². The summed E-state index contributed by atoms with van der Waals surface area (Å²) in [6, 6.07) is 1.77. The van der Waals surface area contributed by atoms with Crippen molar-refractivity contribution in [3.05, 3.63) is 21.4 Å². The Balaban J connectivity index is 2.77. The highest BCUT2D eigenvalue weighted by Crippen LogP contribution is 2.22. The quantitative estimate of drug-likeness (QED) is 0.776. The molecule has 0 aliphatic carbocycles. The van der Waals surface area contributed by atoms with Crippen molar-refractivity contribution >= 4 is 17.2 Å². The first-order valence-electron chi connectivity index (χ1n) is 6.12. The molecule has 1 aromatic rings. The fourth-order valence-electron chi connectivity index (χ4n) is 1.66. The number of aliphatic hydroxyl groups is 2. The second kappa shape index (κ2) is 8.02. The minimum absolute atomic E-state index is 0.162. The molecule has 0 bridgehead atoms. The summed E-state index contributed by atoms with van der Waals surface area (Å²) in [6.45, 7) is 2.06. The van der Waals surface area contributed by atoms with Gasteiger partial charge in [-0.2, -0.15) is 0 Å². The second-order valence-electron chi connectivity index (χ2n) is 4.38. The van der Waals surface area contributed by atoms with Crippen LogP contribution in [0.25, 0.3) is 0 Å². The van der Waals surface area contributed by atoms with E-state index in [0.717, 1.165) is 10.4 Å². The van der Waals surface area contributed by atoms with Crippen LogP contribution in [0.4, 0.5) is 0 Å². The van der Waals surface area contributed by atoms with Gasteiger partial charge in [0.15, 0.2) is 0 Å². The van der Waals surface area contributed by atoms with Crippen LogP contribution in [0.5, 0.6) is 0 Å². The molecule has 0 radical (unpaired) electrons. The number of aryl methyl sites for hydroxylation is 1. The van der Waals surface area contributed by atoms with Crippen molar-refractivity contribution in [2.24, 2.45) is 0 Å². The number of methoxy groups -OCH3 is 1. The molecule has 20 heavy (non-hydrogen) atoms. The van der Waals surface area contributed by atoms with Gasteiger partial charge in [0.05, 0.1) is 22.5 Å². The number of thiophene rings is 1. The fraction of sp³-hybridized carbons (Fsp3) is 0.500. The van der Waals surface area contributed by atoms with Crippen molar-refractivity contribution in [2.45, 2.75) is 13.0 Å². The van der Waals surface area contributed by atoms with E-state index >= 15 is 0 Å². The summed E-state index contributed by atoms with van der Waals surface area (Å²) < 4.78 is 4.83. The number of ether oxygens (including phenoxy) is 1. The summed E-state index contributed by atoms with van der Waals surface area (Å²) in [4.78, 5) is 15.0. The van der Waals surface area contributed by atoms with Crippen LogP contribution < -0.4 is 0 Å². The standard InChI is InChI=1S/C14H19NO4S/c1-10-7-13(20-12(10)5-4-6-16)14(18)15(2)8-11(17)9-19-3/h7,11,16-17H,6,8-9H2,1-3H3. The van der Waals surface area contributed by atoms with E-state index in [1.807, 2.05) is 6.92 Å². The molecule has 1 rings (SSSR count). The Morgan fingerprint density at radius 3 is 2.90 bits per heavy atom. The molecule has 1 aromatic heterocycles. The number of rotatable bonds is 5. The predicted octanol–water partition coefficient (Wildman–Crippen LogP) is 0.480. The number of carbonyl (C=O) groups excluding carboxylic acids is 1. The summed E-state index contributed by atoms with van der Waals surface area (Å²) in [5.74, 6) is 5.22. The molecule has 2 N–H and O–H groups in total. The van der Waals surface area contributed by atoms with Gasteiger partial charge < -0.3 is 19.8 Å². The lowest BCUT2D eigenvalue weighted by Gasteiger charge is -2.19. The molecule has 0 aromatic carbocycles. The first-order valence-corrected chi connectivity index (χ1v) is 6.93. The van der Waals surface area contributed by atoms with E-state index in [2.05, 4.69) is 11.8 Å². The maximum Gasteiger partial charge on any atom is 0.263 e. The number of nitrogens with zero attached hydrogens (tertiary/aromatic N) is 1. The van der Waals surface area contributed by atoms with Crippen molar-refractivity contribution in [3.63, 3.8) is 0 Å². The van der Waals surface area contributed by atoms with Gasteiger partial charge in [0.1, 0.15) is 6.61 Å². The molecule has 1 atom stereocenters. The highest BCUT2D eigenvalue weighted by Gasteiger charge is 2.18. The zero-order valence-corrected chi connectivity index (χ0v) is 12.7. The molecule has 1 heterocycles. The number of hydrogen-bond acceptors (Lipinski definition) is 5. The fourth-order valence-corrected chi connectivity index (χ4v) is 2.71. The normalized spacial score (nSPS) is 11.7. The molecule has 5 nitrogen and oxygen atoms in total. The third-order valence-electron chi connectivity index (χ3n) is 2.60. The van der Waals surface area contributed by atoms with E-state index in [0.29, 0.717) is 4.88 Å². The Bertz CT molecular complexity index is 515. The lowest BCUT2D eigenvalue weighted by Crippen LogP contribution is -2.35. The average molecular weight is 297 g/mol. The molecule has 0 saturated heterocycles. The van der Waals surface area contributed by atoms with Crippen molar-refractivity contribution in [3.8, 4) is 11.8 Å². The molecular formula is C14H19NO4S. The van der Waals surface area contributed by atoms with Gasteiger partial charge in [-0.3, -0.25) is 4.79 Å². The average Bonchev–Trinajstić information content (AvgIpc) is 2.77. The van der Waals surface area contributed by atoms with Crippen LogP contribution in [-0.4, -0.2) is 61.0 Å². The lowest BCUT2D eigenvalue weighted by molar-refractivity contribution is 0.0382. The number of hydrogen-bond donors (Lipinski definition) is 2. The van der Waals surface area contributed by atoms with Crippen molar-refractivity contribution < 1.29 is 19.7 Å². The second-order valence-corrected chi connectivity index (χ2v) is 5.43. The SMILES string of the molecule is COCC(O)CN(C)C(=O)c1cc(C)c(C#CCO)s1.